The molecule has 0 unspecified atom stereocenters. The van der Waals surface area contributed by atoms with Crippen molar-refractivity contribution >= 4 is 0 Å². The van der Waals surface area contributed by atoms with Crippen LogP contribution in [0.15, 0.2) is 0 Å². The van der Waals surface area contributed by atoms with Gasteiger partial charge in [0.25, 0.3) is 0 Å². The minimum atomic E-state index is -8.23. The van der Waals surface area contributed by atoms with Gasteiger partial charge in [-0.1, -0.05) is 0 Å². The predicted octanol–water partition coefficient (Wildman–Crippen LogP) is 6.47. The summed E-state index contributed by atoms with van der Waals surface area (Å²) in [4.78, 5) is 0. The fourth-order valence-electron chi connectivity index (χ4n) is 1.86. The Morgan fingerprint density at radius 3 is 1.03 bits per heavy atom. The van der Waals surface area contributed by atoms with Crippen molar-refractivity contribution in [3.63, 3.8) is 0 Å². The van der Waals surface area contributed by atoms with Crippen LogP contribution in [0.1, 0.15) is 25.7 Å². The molecular formula is C12H10F17N. The second kappa shape index (κ2) is 7.72. The summed E-state index contributed by atoms with van der Waals surface area (Å²) >= 11 is 0. The molecule has 0 aromatic carbocycles. The van der Waals surface area contributed by atoms with Crippen LogP contribution in [0.3, 0.4) is 0 Å². The molecule has 0 radical (unpaired) electrons. The highest BCUT2D eigenvalue weighted by Gasteiger charge is 2.92. The first kappa shape index (κ1) is 28.8. The lowest BCUT2D eigenvalue weighted by atomic mass is 9.89. The molecule has 0 atom stereocenters. The largest absolute Gasteiger partial charge is 0.392 e. The molecule has 0 saturated heterocycles. The van der Waals surface area contributed by atoms with Crippen molar-refractivity contribution in [1.29, 1.82) is 0 Å². The molecule has 30 heavy (non-hydrogen) atoms. The minimum Gasteiger partial charge on any atom is -0.267 e. The molecule has 0 aromatic heterocycles. The Bertz CT molecular complexity index is 585. The average molecular weight is 491 g/mol. The first-order valence-electron chi connectivity index (χ1n) is 7.21. The number of rotatable bonds is 10. The molecule has 0 rings (SSSR count). The summed E-state index contributed by atoms with van der Waals surface area (Å²) in [5.41, 5.74) is 3.18. The summed E-state index contributed by atoms with van der Waals surface area (Å²) in [7, 11) is 0. The van der Waals surface area contributed by atoms with E-state index in [1.165, 1.54) is 0 Å². The average Bonchev–Trinajstić information content (AvgIpc) is 2.48. The van der Waals surface area contributed by atoms with Crippen molar-refractivity contribution in [2.45, 2.75) is 73.4 Å². The van der Waals surface area contributed by atoms with E-state index in [1.807, 2.05) is 0 Å². The summed E-state index contributed by atoms with van der Waals surface area (Å²) < 4.78 is 218. The van der Waals surface area contributed by atoms with Gasteiger partial charge >= 0.3 is 47.8 Å². The van der Waals surface area contributed by atoms with Gasteiger partial charge in [-0.3, -0.25) is 5.73 Å². The van der Waals surface area contributed by atoms with Gasteiger partial charge in [0.05, 0.1) is 0 Å². The molecular weight excluding hydrogens is 481 g/mol. The molecule has 0 saturated carbocycles. The fourth-order valence-corrected chi connectivity index (χ4v) is 1.86. The van der Waals surface area contributed by atoms with Crippen LogP contribution < -0.4 is 5.73 Å². The Labute approximate surface area is 155 Å². The first-order chi connectivity index (χ1) is 12.7. The second-order valence-corrected chi connectivity index (χ2v) is 6.02. The Morgan fingerprint density at radius 1 is 0.400 bits per heavy atom. The smallest absolute Gasteiger partial charge is 0.267 e. The summed E-state index contributed by atoms with van der Waals surface area (Å²) in [5.74, 6) is -46.1. The number of unbranched alkanes of at least 4 members (excludes halogenated alkanes) is 1. The normalized spacial score (nSPS) is 16.2. The highest BCUT2D eigenvalue weighted by molar-refractivity contribution is 5.13. The molecule has 0 aliphatic heterocycles. The van der Waals surface area contributed by atoms with Crippen LogP contribution in [0.5, 0.6) is 0 Å². The Morgan fingerprint density at radius 2 is 0.700 bits per heavy atom. The lowest BCUT2D eigenvalue weighted by molar-refractivity contribution is -0.441. The Balaban J connectivity index is 5.99. The minimum absolute atomic E-state index is 1.41. The molecule has 1 nitrogen and oxygen atoms in total. The molecule has 18 heteroatoms. The van der Waals surface area contributed by atoms with Crippen molar-refractivity contribution in [2.75, 3.05) is 0 Å². The monoisotopic (exact) mass is 491 g/mol. The van der Waals surface area contributed by atoms with Gasteiger partial charge in [-0.25, -0.2) is 0 Å². The van der Waals surface area contributed by atoms with Crippen LogP contribution in [0.2, 0.25) is 0 Å². The van der Waals surface area contributed by atoms with E-state index in [4.69, 9.17) is 0 Å². The van der Waals surface area contributed by atoms with Gasteiger partial charge in [-0.15, -0.1) is 0 Å². The van der Waals surface area contributed by atoms with E-state index in [1.54, 1.807) is 0 Å². The van der Waals surface area contributed by atoms with Gasteiger partial charge in [-0.2, -0.15) is 74.6 Å². The molecule has 0 spiro atoms. The quantitative estimate of drug-likeness (QED) is 0.212. The van der Waals surface area contributed by atoms with Gasteiger partial charge in [0.15, 0.2) is 0 Å². The molecule has 0 amide bonds. The number of alkyl halides is 17. The number of hydrogen-bond donors (Lipinski definition) is 1. The maximum atomic E-state index is 13.4. The third kappa shape index (κ3) is 4.66. The summed E-state index contributed by atoms with van der Waals surface area (Å²) in [6, 6.07) is -6.69. The number of nitrogens with two attached hydrogens (primary N) is 1. The highest BCUT2D eigenvalue weighted by atomic mass is 19.4. The van der Waals surface area contributed by atoms with E-state index in [0.29, 0.717) is 0 Å². The third-order valence-corrected chi connectivity index (χ3v) is 3.66. The Kier molecular flexibility index (Phi) is 7.40. The van der Waals surface area contributed by atoms with E-state index in [9.17, 15) is 74.6 Å². The SMILES string of the molecule is NC(F)(F)C(F)(F)C(F)(F)C(F)(F)C(F)(F)C(F)(F)C(F)(F)CCCCC(F)(F)F. The van der Waals surface area contributed by atoms with Crippen LogP contribution >= 0.6 is 0 Å². The van der Waals surface area contributed by atoms with E-state index < -0.39 is 73.4 Å². The molecule has 0 heterocycles. The van der Waals surface area contributed by atoms with Gasteiger partial charge in [0.1, 0.15) is 0 Å². The van der Waals surface area contributed by atoms with Crippen molar-refractivity contribution in [1.82, 2.24) is 0 Å². The van der Waals surface area contributed by atoms with Gasteiger partial charge in [0.2, 0.25) is 0 Å². The molecule has 182 valence electrons. The lowest BCUT2D eigenvalue weighted by Crippen LogP contribution is -2.74. The summed E-state index contributed by atoms with van der Waals surface area (Å²) in [6.07, 6.45) is -12.7. The first-order valence-corrected chi connectivity index (χ1v) is 7.21. The van der Waals surface area contributed by atoms with Gasteiger partial charge < -0.3 is 0 Å². The molecule has 0 bridgehead atoms. The molecule has 0 aliphatic rings. The van der Waals surface area contributed by atoms with E-state index in [-0.39, 0.29) is 0 Å². The predicted molar refractivity (Wildman–Crippen MR) is 63.3 cm³/mol. The van der Waals surface area contributed by atoms with Crippen LogP contribution in [0.4, 0.5) is 74.6 Å². The van der Waals surface area contributed by atoms with Gasteiger partial charge in [-0.05, 0) is 12.8 Å². The molecule has 0 fully saturated rings. The van der Waals surface area contributed by atoms with Gasteiger partial charge in [0, 0.05) is 12.8 Å². The van der Waals surface area contributed by atoms with Crippen molar-refractivity contribution < 1.29 is 74.6 Å². The number of hydrogen-bond acceptors (Lipinski definition) is 1. The zero-order valence-corrected chi connectivity index (χ0v) is 13.8. The second-order valence-electron chi connectivity index (χ2n) is 6.02. The zero-order chi connectivity index (χ0) is 24.8. The standard InChI is InChI=1S/C12H10F17N/c13-5(14,3-1-2-4-6(15,16)17)7(18,19)8(20,21)9(22,23)10(24,25)11(26,27)12(28,29)30/h1-4,30H2. The van der Waals surface area contributed by atoms with Crippen LogP contribution in [-0.4, -0.2) is 47.8 Å². The zero-order valence-electron chi connectivity index (χ0n) is 13.8. The Hall–Kier alpha value is -1.23. The van der Waals surface area contributed by atoms with E-state index in [2.05, 4.69) is 5.73 Å². The third-order valence-electron chi connectivity index (χ3n) is 3.66. The van der Waals surface area contributed by atoms with Crippen molar-refractivity contribution in [2.24, 2.45) is 5.73 Å². The lowest BCUT2D eigenvalue weighted by Gasteiger charge is -2.42. The van der Waals surface area contributed by atoms with Crippen LogP contribution in [0.25, 0.3) is 0 Å². The van der Waals surface area contributed by atoms with Crippen LogP contribution in [0, 0.1) is 0 Å². The van der Waals surface area contributed by atoms with E-state index >= 15 is 0 Å². The fraction of sp³-hybridized carbons (Fsp3) is 1.00. The summed E-state index contributed by atoms with van der Waals surface area (Å²) in [6.45, 7) is 0. The van der Waals surface area contributed by atoms with Crippen LogP contribution in [-0.2, 0) is 0 Å². The highest BCUT2D eigenvalue weighted by Crippen LogP contribution is 2.62. The molecule has 2 N–H and O–H groups in total. The van der Waals surface area contributed by atoms with E-state index in [0.717, 1.165) is 0 Å². The summed E-state index contributed by atoms with van der Waals surface area (Å²) in [5, 5.41) is 0. The number of halogens is 17. The molecule has 0 aliphatic carbocycles. The maximum Gasteiger partial charge on any atom is 0.392 e. The maximum absolute atomic E-state index is 13.4. The topological polar surface area (TPSA) is 26.0 Å². The van der Waals surface area contributed by atoms with Crippen molar-refractivity contribution in [3.05, 3.63) is 0 Å². The van der Waals surface area contributed by atoms with Crippen molar-refractivity contribution in [3.8, 4) is 0 Å². The molecule has 0 aromatic rings.